The Morgan fingerprint density at radius 3 is 2.22 bits per heavy atom. The van der Waals surface area contributed by atoms with Gasteiger partial charge in [-0.15, -0.1) is 11.3 Å². The van der Waals surface area contributed by atoms with Crippen LogP contribution in [0, 0.1) is 17.3 Å². The van der Waals surface area contributed by atoms with Crippen molar-refractivity contribution < 1.29 is 4.74 Å². The van der Waals surface area contributed by atoms with Crippen molar-refractivity contribution in [1.29, 1.82) is 0 Å². The van der Waals surface area contributed by atoms with E-state index in [9.17, 15) is 0 Å². The average molecular weight is 627 g/mol. The number of rotatable bonds is 5. The molecule has 1 aliphatic carbocycles. The van der Waals surface area contributed by atoms with Crippen LogP contribution in [0.5, 0.6) is 5.75 Å². The van der Waals surface area contributed by atoms with Crippen LogP contribution in [-0.4, -0.2) is 33.5 Å². The summed E-state index contributed by atoms with van der Waals surface area (Å²) in [4.78, 5) is 13.1. The molecule has 2 aliphatic rings. The predicted octanol–water partition coefficient (Wildman–Crippen LogP) is 9.48. The SMILES string of the molecule is CC1(C#Cc2cc(COc3cc(-c4cnc(C5CCN(C(C)(C)C)CC5)s4)cnc3N)c(C(C)(C)C)c(C(C)(C)C)c2)CCC1. The summed E-state index contributed by atoms with van der Waals surface area (Å²) in [7, 11) is 0. The van der Waals surface area contributed by atoms with Crippen molar-refractivity contribution in [2.75, 3.05) is 18.8 Å². The van der Waals surface area contributed by atoms with Crippen LogP contribution in [0.1, 0.15) is 135 Å². The van der Waals surface area contributed by atoms with E-state index in [4.69, 9.17) is 15.5 Å². The highest BCUT2D eigenvalue weighted by atomic mass is 32.1. The van der Waals surface area contributed by atoms with Gasteiger partial charge in [-0.2, -0.15) is 0 Å². The normalized spacial score (nSPS) is 17.8. The minimum absolute atomic E-state index is 0.0385. The van der Waals surface area contributed by atoms with E-state index in [1.54, 1.807) is 11.3 Å². The monoisotopic (exact) mass is 626 g/mol. The van der Waals surface area contributed by atoms with E-state index in [1.807, 2.05) is 18.5 Å². The van der Waals surface area contributed by atoms with E-state index >= 15 is 0 Å². The number of hydrogen-bond donors (Lipinski definition) is 1. The van der Waals surface area contributed by atoms with Gasteiger partial charge in [0.2, 0.25) is 0 Å². The first-order chi connectivity index (χ1) is 20.9. The number of aromatic nitrogens is 2. The summed E-state index contributed by atoms with van der Waals surface area (Å²) in [6.07, 6.45) is 9.77. The first-order valence-corrected chi connectivity index (χ1v) is 17.6. The zero-order valence-corrected chi connectivity index (χ0v) is 30.2. The second-order valence-corrected chi connectivity index (χ2v) is 17.7. The average Bonchev–Trinajstić information content (AvgIpc) is 3.43. The summed E-state index contributed by atoms with van der Waals surface area (Å²) >= 11 is 1.78. The predicted molar refractivity (Wildman–Crippen MR) is 190 cm³/mol. The van der Waals surface area contributed by atoms with Crippen molar-refractivity contribution in [2.45, 2.75) is 130 Å². The number of nitrogens with two attached hydrogens (primary N) is 1. The Kier molecular flexibility index (Phi) is 9.21. The molecule has 5 rings (SSSR count). The lowest BCUT2D eigenvalue weighted by Gasteiger charge is -2.40. The van der Waals surface area contributed by atoms with E-state index < -0.39 is 0 Å². The molecule has 2 fully saturated rings. The fourth-order valence-corrected chi connectivity index (χ4v) is 7.76. The number of benzene rings is 1. The van der Waals surface area contributed by atoms with E-state index in [0.717, 1.165) is 47.5 Å². The minimum atomic E-state index is -0.0685. The second-order valence-electron chi connectivity index (χ2n) is 16.6. The van der Waals surface area contributed by atoms with Crippen molar-refractivity contribution in [3.05, 3.63) is 57.9 Å². The Morgan fingerprint density at radius 2 is 1.64 bits per heavy atom. The molecule has 2 aromatic heterocycles. The van der Waals surface area contributed by atoms with Crippen LogP contribution in [-0.2, 0) is 17.4 Å². The minimum Gasteiger partial charge on any atom is -0.485 e. The van der Waals surface area contributed by atoms with Crippen LogP contribution in [0.2, 0.25) is 0 Å². The third kappa shape index (κ3) is 7.75. The molecule has 1 aliphatic heterocycles. The second kappa shape index (κ2) is 12.4. The smallest absolute Gasteiger partial charge is 0.166 e. The van der Waals surface area contributed by atoms with Crippen molar-refractivity contribution >= 4 is 17.2 Å². The molecule has 242 valence electrons. The van der Waals surface area contributed by atoms with Crippen molar-refractivity contribution in [3.63, 3.8) is 0 Å². The van der Waals surface area contributed by atoms with Crippen LogP contribution in [0.3, 0.4) is 0 Å². The zero-order chi connectivity index (χ0) is 32.8. The lowest BCUT2D eigenvalue weighted by molar-refractivity contribution is 0.102. The lowest BCUT2D eigenvalue weighted by atomic mass is 9.70. The van der Waals surface area contributed by atoms with Gasteiger partial charge in [0, 0.05) is 40.4 Å². The Morgan fingerprint density at radius 1 is 0.956 bits per heavy atom. The Hall–Kier alpha value is -2.88. The van der Waals surface area contributed by atoms with E-state index in [2.05, 4.69) is 103 Å². The molecule has 0 amide bonds. The number of thiazole rings is 1. The summed E-state index contributed by atoms with van der Waals surface area (Å²) in [5.41, 5.74) is 12.5. The summed E-state index contributed by atoms with van der Waals surface area (Å²) in [6, 6.07) is 6.58. The topological polar surface area (TPSA) is 64.3 Å². The maximum Gasteiger partial charge on any atom is 0.166 e. The van der Waals surface area contributed by atoms with Gasteiger partial charge in [-0.3, -0.25) is 4.90 Å². The van der Waals surface area contributed by atoms with Gasteiger partial charge in [-0.1, -0.05) is 59.8 Å². The maximum atomic E-state index is 6.53. The van der Waals surface area contributed by atoms with Crippen LogP contribution >= 0.6 is 11.3 Å². The Bertz CT molecular complexity index is 1580. The molecule has 45 heavy (non-hydrogen) atoms. The number of pyridine rings is 1. The molecule has 1 saturated carbocycles. The summed E-state index contributed by atoms with van der Waals surface area (Å²) in [5, 5.41) is 1.22. The Balaban J connectivity index is 1.40. The van der Waals surface area contributed by atoms with E-state index in [1.165, 1.54) is 35.4 Å². The molecular formula is C39H54N4OS. The van der Waals surface area contributed by atoms with Crippen LogP contribution in [0.25, 0.3) is 10.4 Å². The number of nitrogen functional groups attached to an aromatic ring is 1. The summed E-state index contributed by atoms with van der Waals surface area (Å²) in [6.45, 7) is 25.5. The van der Waals surface area contributed by atoms with Crippen LogP contribution in [0.4, 0.5) is 5.82 Å². The number of anilines is 1. The van der Waals surface area contributed by atoms with Crippen molar-refractivity contribution in [2.24, 2.45) is 5.41 Å². The molecule has 1 saturated heterocycles. The zero-order valence-electron chi connectivity index (χ0n) is 29.4. The van der Waals surface area contributed by atoms with Gasteiger partial charge >= 0.3 is 0 Å². The van der Waals surface area contributed by atoms with E-state index in [0.29, 0.717) is 24.1 Å². The van der Waals surface area contributed by atoms with Gasteiger partial charge in [0.1, 0.15) is 6.61 Å². The number of hydrogen-bond acceptors (Lipinski definition) is 6. The molecule has 0 atom stereocenters. The lowest BCUT2D eigenvalue weighted by Crippen LogP contribution is -2.45. The third-order valence-electron chi connectivity index (χ3n) is 9.61. The molecule has 1 aromatic carbocycles. The van der Waals surface area contributed by atoms with Gasteiger partial charge in [0.25, 0.3) is 0 Å². The van der Waals surface area contributed by atoms with E-state index in [-0.39, 0.29) is 21.8 Å². The highest BCUT2D eigenvalue weighted by molar-refractivity contribution is 7.15. The van der Waals surface area contributed by atoms with Gasteiger partial charge in [0.05, 0.1) is 9.88 Å². The number of likely N-dealkylation sites (tertiary alicyclic amines) is 1. The largest absolute Gasteiger partial charge is 0.485 e. The molecule has 0 radical (unpaired) electrons. The molecule has 3 heterocycles. The molecule has 2 N–H and O–H groups in total. The number of ether oxygens (including phenoxy) is 1. The maximum absolute atomic E-state index is 6.53. The van der Waals surface area contributed by atoms with Gasteiger partial charge in [-0.25, -0.2) is 9.97 Å². The first kappa shape index (κ1) is 33.5. The molecule has 6 heteroatoms. The number of nitrogens with zero attached hydrogens (tertiary/aromatic N) is 3. The van der Waals surface area contributed by atoms with Crippen LogP contribution < -0.4 is 10.5 Å². The molecule has 0 bridgehead atoms. The fourth-order valence-electron chi connectivity index (χ4n) is 6.69. The van der Waals surface area contributed by atoms with Gasteiger partial charge < -0.3 is 10.5 Å². The van der Waals surface area contributed by atoms with Crippen LogP contribution in [0.15, 0.2) is 30.6 Å². The molecule has 0 spiro atoms. The van der Waals surface area contributed by atoms with Crippen molar-refractivity contribution in [3.8, 4) is 28.0 Å². The highest BCUT2D eigenvalue weighted by Crippen LogP contribution is 2.41. The molecule has 5 nitrogen and oxygen atoms in total. The standard InChI is InChI=1S/C39H54N4OS/c1-36(2,3)30-21-26(12-17-39(10)15-11-16-39)20-29(33(30)37(4,5)6)25-44-31-22-28(23-41-34(31)40)32-24-42-35(45-32)27-13-18-43(19-14-27)38(7,8)9/h20-24,27H,11,13-16,18-19,25H2,1-10H3,(H2,40,41). The fraction of sp³-hybridized carbons (Fsp3) is 0.590. The Labute approximate surface area is 276 Å². The molecular weight excluding hydrogens is 573 g/mol. The summed E-state index contributed by atoms with van der Waals surface area (Å²) in [5.74, 6) is 8.66. The van der Waals surface area contributed by atoms with Crippen molar-refractivity contribution in [1.82, 2.24) is 14.9 Å². The highest BCUT2D eigenvalue weighted by Gasteiger charge is 2.32. The van der Waals surface area contributed by atoms with Gasteiger partial charge in [0.15, 0.2) is 11.6 Å². The number of piperidine rings is 1. The molecule has 3 aromatic rings. The van der Waals surface area contributed by atoms with Gasteiger partial charge in [-0.05, 0) is 112 Å². The third-order valence-corrected chi connectivity index (χ3v) is 10.8. The summed E-state index contributed by atoms with van der Waals surface area (Å²) < 4.78 is 6.53. The molecule has 0 unspecified atom stereocenters. The quantitative estimate of drug-likeness (QED) is 0.286. The first-order valence-electron chi connectivity index (χ1n) is 16.7.